The van der Waals surface area contributed by atoms with E-state index in [1.54, 1.807) is 12.4 Å². The number of halogens is 1. The molecule has 2 N–H and O–H groups in total. The Bertz CT molecular complexity index is 1120. The van der Waals surface area contributed by atoms with Gasteiger partial charge >= 0.3 is 0 Å². The zero-order valence-corrected chi connectivity index (χ0v) is 16.7. The lowest BCUT2D eigenvalue weighted by Crippen LogP contribution is -2.01. The normalized spacial score (nSPS) is 11.0. The van der Waals surface area contributed by atoms with Crippen LogP contribution >= 0.6 is 11.6 Å². The Morgan fingerprint density at radius 2 is 1.86 bits per heavy atom. The van der Waals surface area contributed by atoms with Crippen molar-refractivity contribution in [3.05, 3.63) is 77.1 Å². The molecule has 4 aromatic rings. The maximum Gasteiger partial charge on any atom is 0.168 e. The van der Waals surface area contributed by atoms with E-state index in [-0.39, 0.29) is 6.61 Å². The first-order chi connectivity index (χ1) is 14.2. The molecule has 0 aliphatic rings. The minimum absolute atomic E-state index is 0.0740. The second kappa shape index (κ2) is 8.55. The largest absolute Gasteiger partial charge is 0.489 e. The van der Waals surface area contributed by atoms with Crippen molar-refractivity contribution in [3.8, 4) is 22.6 Å². The number of pyridine rings is 1. The Morgan fingerprint density at radius 1 is 1.03 bits per heavy atom. The Balaban J connectivity index is 1.76. The SMILES string of the molecule is CCOc1c(OCc2ccc(Cl)cc2)cccc1-c1ccnc2[nH]cc(CO)c12. The molecule has 0 spiro atoms. The number of hydrogen-bond donors (Lipinski definition) is 2. The molecule has 0 radical (unpaired) electrons. The van der Waals surface area contributed by atoms with Crippen LogP contribution in [-0.2, 0) is 13.2 Å². The smallest absolute Gasteiger partial charge is 0.168 e. The van der Waals surface area contributed by atoms with Gasteiger partial charge in [0.15, 0.2) is 11.5 Å². The molecule has 0 aliphatic heterocycles. The van der Waals surface area contributed by atoms with Crippen molar-refractivity contribution in [2.75, 3.05) is 6.61 Å². The number of hydrogen-bond acceptors (Lipinski definition) is 4. The monoisotopic (exact) mass is 408 g/mol. The number of rotatable bonds is 7. The highest BCUT2D eigenvalue weighted by atomic mass is 35.5. The first-order valence-electron chi connectivity index (χ1n) is 9.40. The third-order valence-corrected chi connectivity index (χ3v) is 4.94. The second-order valence-corrected chi connectivity index (χ2v) is 6.97. The second-order valence-electron chi connectivity index (χ2n) is 6.54. The van der Waals surface area contributed by atoms with Crippen molar-refractivity contribution < 1.29 is 14.6 Å². The first-order valence-corrected chi connectivity index (χ1v) is 9.78. The predicted molar refractivity (Wildman–Crippen MR) is 114 cm³/mol. The van der Waals surface area contributed by atoms with Gasteiger partial charge in [-0.15, -0.1) is 0 Å². The molecule has 2 heterocycles. The van der Waals surface area contributed by atoms with E-state index >= 15 is 0 Å². The molecule has 29 heavy (non-hydrogen) atoms. The highest BCUT2D eigenvalue weighted by molar-refractivity contribution is 6.30. The van der Waals surface area contributed by atoms with Crippen LogP contribution in [0.5, 0.6) is 11.5 Å². The molecule has 0 aliphatic carbocycles. The number of H-pyrrole nitrogens is 1. The van der Waals surface area contributed by atoms with E-state index < -0.39 is 0 Å². The molecule has 2 aromatic carbocycles. The summed E-state index contributed by atoms with van der Waals surface area (Å²) in [6.45, 7) is 2.77. The fraction of sp³-hybridized carbons (Fsp3) is 0.174. The van der Waals surface area contributed by atoms with E-state index in [0.717, 1.165) is 33.3 Å². The molecule has 6 heteroatoms. The fourth-order valence-corrected chi connectivity index (χ4v) is 3.48. The molecule has 0 saturated heterocycles. The third kappa shape index (κ3) is 3.92. The van der Waals surface area contributed by atoms with E-state index in [1.165, 1.54) is 0 Å². The number of aliphatic hydroxyl groups excluding tert-OH is 1. The predicted octanol–water partition coefficient (Wildman–Crippen LogP) is 5.35. The topological polar surface area (TPSA) is 67.4 Å². The Labute approximate surface area is 173 Å². The summed E-state index contributed by atoms with van der Waals surface area (Å²) in [6.07, 6.45) is 3.52. The lowest BCUT2D eigenvalue weighted by atomic mass is 10.00. The quantitative estimate of drug-likeness (QED) is 0.432. The minimum Gasteiger partial charge on any atom is -0.489 e. The summed E-state index contributed by atoms with van der Waals surface area (Å²) in [5.74, 6) is 1.33. The number of benzene rings is 2. The molecule has 0 bridgehead atoms. The Hall–Kier alpha value is -3.02. The van der Waals surface area contributed by atoms with Crippen LogP contribution in [0.2, 0.25) is 5.02 Å². The van der Waals surface area contributed by atoms with Crippen molar-refractivity contribution in [3.63, 3.8) is 0 Å². The lowest BCUT2D eigenvalue weighted by molar-refractivity contribution is 0.270. The highest BCUT2D eigenvalue weighted by Crippen LogP contribution is 2.41. The van der Waals surface area contributed by atoms with E-state index in [1.807, 2.05) is 55.5 Å². The van der Waals surface area contributed by atoms with Crippen LogP contribution in [0.25, 0.3) is 22.2 Å². The van der Waals surface area contributed by atoms with E-state index in [2.05, 4.69) is 9.97 Å². The van der Waals surface area contributed by atoms with Crippen molar-refractivity contribution in [2.24, 2.45) is 0 Å². The van der Waals surface area contributed by atoms with Gasteiger partial charge in [0, 0.05) is 33.9 Å². The number of para-hydroxylation sites is 1. The van der Waals surface area contributed by atoms with Crippen molar-refractivity contribution in [1.29, 1.82) is 0 Å². The zero-order chi connectivity index (χ0) is 20.2. The van der Waals surface area contributed by atoms with Crippen molar-refractivity contribution in [1.82, 2.24) is 9.97 Å². The average Bonchev–Trinajstić information content (AvgIpc) is 3.18. The van der Waals surface area contributed by atoms with Gasteiger partial charge in [0.2, 0.25) is 0 Å². The number of aliphatic hydroxyl groups is 1. The maximum absolute atomic E-state index is 9.74. The number of aromatic amines is 1. The molecule has 5 nitrogen and oxygen atoms in total. The molecule has 0 unspecified atom stereocenters. The molecular formula is C23H21ClN2O3. The van der Waals surface area contributed by atoms with Gasteiger partial charge in [-0.05, 0) is 42.3 Å². The number of fused-ring (bicyclic) bond motifs is 1. The van der Waals surface area contributed by atoms with Crippen LogP contribution in [0.4, 0.5) is 0 Å². The van der Waals surface area contributed by atoms with E-state index in [0.29, 0.717) is 29.7 Å². The standard InChI is InChI=1S/C23H21ClN2O3/c1-2-28-22-19(18-10-11-25-23-21(18)16(13-27)12-26-23)4-3-5-20(22)29-14-15-6-8-17(24)9-7-15/h3-12,27H,2,13-14H2,1H3,(H,25,26). The maximum atomic E-state index is 9.74. The number of aromatic nitrogens is 2. The van der Waals surface area contributed by atoms with Gasteiger partial charge in [0.05, 0.1) is 13.2 Å². The van der Waals surface area contributed by atoms with Gasteiger partial charge in [0.1, 0.15) is 12.3 Å². The molecule has 0 atom stereocenters. The van der Waals surface area contributed by atoms with Crippen LogP contribution in [0, 0.1) is 0 Å². The fourth-order valence-electron chi connectivity index (χ4n) is 3.35. The number of nitrogens with zero attached hydrogens (tertiary/aromatic N) is 1. The van der Waals surface area contributed by atoms with Gasteiger partial charge in [0.25, 0.3) is 0 Å². The summed E-state index contributed by atoms with van der Waals surface area (Å²) in [6, 6.07) is 15.3. The molecular weight excluding hydrogens is 388 g/mol. The van der Waals surface area contributed by atoms with Crippen LogP contribution in [0.3, 0.4) is 0 Å². The lowest BCUT2D eigenvalue weighted by Gasteiger charge is -2.17. The van der Waals surface area contributed by atoms with Crippen LogP contribution in [-0.4, -0.2) is 21.7 Å². The Morgan fingerprint density at radius 3 is 2.62 bits per heavy atom. The highest BCUT2D eigenvalue weighted by Gasteiger charge is 2.17. The van der Waals surface area contributed by atoms with Crippen LogP contribution < -0.4 is 9.47 Å². The summed E-state index contributed by atoms with van der Waals surface area (Å²) >= 11 is 5.96. The summed E-state index contributed by atoms with van der Waals surface area (Å²) in [4.78, 5) is 7.48. The Kier molecular flexibility index (Phi) is 5.69. The van der Waals surface area contributed by atoms with E-state index in [9.17, 15) is 5.11 Å². The third-order valence-electron chi connectivity index (χ3n) is 4.69. The van der Waals surface area contributed by atoms with Crippen molar-refractivity contribution >= 4 is 22.6 Å². The number of nitrogens with one attached hydrogen (secondary N) is 1. The molecule has 0 saturated carbocycles. The van der Waals surface area contributed by atoms with Gasteiger partial charge < -0.3 is 19.6 Å². The zero-order valence-electron chi connectivity index (χ0n) is 16.0. The first kappa shape index (κ1) is 19.3. The van der Waals surface area contributed by atoms with Crippen LogP contribution in [0.1, 0.15) is 18.1 Å². The molecule has 2 aromatic heterocycles. The molecule has 0 amide bonds. The van der Waals surface area contributed by atoms with Gasteiger partial charge in [-0.3, -0.25) is 0 Å². The van der Waals surface area contributed by atoms with Gasteiger partial charge in [-0.1, -0.05) is 35.9 Å². The van der Waals surface area contributed by atoms with Crippen LogP contribution in [0.15, 0.2) is 60.9 Å². The summed E-state index contributed by atoms with van der Waals surface area (Å²) in [5.41, 5.74) is 4.35. The summed E-state index contributed by atoms with van der Waals surface area (Å²) < 4.78 is 12.1. The van der Waals surface area contributed by atoms with Gasteiger partial charge in [-0.2, -0.15) is 0 Å². The van der Waals surface area contributed by atoms with E-state index in [4.69, 9.17) is 21.1 Å². The number of ether oxygens (including phenoxy) is 2. The summed E-state index contributed by atoms with van der Waals surface area (Å²) in [7, 11) is 0. The average molecular weight is 409 g/mol. The summed E-state index contributed by atoms with van der Waals surface area (Å²) in [5, 5.41) is 11.3. The molecule has 0 fully saturated rings. The van der Waals surface area contributed by atoms with Gasteiger partial charge in [-0.25, -0.2) is 4.98 Å². The van der Waals surface area contributed by atoms with Crippen molar-refractivity contribution in [2.45, 2.75) is 20.1 Å². The minimum atomic E-state index is -0.0740. The molecule has 148 valence electrons. The molecule has 4 rings (SSSR count).